The molecule has 0 bridgehead atoms. The molecule has 0 radical (unpaired) electrons. The number of nitriles is 1. The fraction of sp³-hybridized carbons (Fsp3) is 0.333. The number of carbonyl (C=O) groups excluding carboxylic acids is 1. The minimum Gasteiger partial charge on any atom is -0.356 e. The van der Waals surface area contributed by atoms with Crippen LogP contribution in [0.15, 0.2) is 36.5 Å². The minimum atomic E-state index is -0.130. The average molecular weight is 291 g/mol. The van der Waals surface area contributed by atoms with Gasteiger partial charge in [0.15, 0.2) is 0 Å². The van der Waals surface area contributed by atoms with Gasteiger partial charge in [-0.1, -0.05) is 24.3 Å². The maximum Gasteiger partial charge on any atom is 0.267 e. The molecule has 1 spiro atoms. The molecule has 0 saturated heterocycles. The predicted octanol–water partition coefficient (Wildman–Crippen LogP) is 2.52. The molecule has 22 heavy (non-hydrogen) atoms. The van der Waals surface area contributed by atoms with E-state index in [-0.39, 0.29) is 5.91 Å². The third-order valence-corrected chi connectivity index (χ3v) is 5.19. The maximum atomic E-state index is 12.1. The zero-order chi connectivity index (χ0) is 15.2. The molecule has 1 fully saturated rings. The smallest absolute Gasteiger partial charge is 0.267 e. The Morgan fingerprint density at radius 2 is 2.32 bits per heavy atom. The average Bonchev–Trinajstić information content (AvgIpc) is 2.89. The molecule has 0 aliphatic heterocycles. The lowest BCUT2D eigenvalue weighted by Crippen LogP contribution is -2.27. The Labute approximate surface area is 129 Å². The van der Waals surface area contributed by atoms with E-state index in [1.54, 1.807) is 12.3 Å². The Balaban J connectivity index is 1.41. The van der Waals surface area contributed by atoms with Crippen molar-refractivity contribution in [3.63, 3.8) is 0 Å². The fourth-order valence-corrected chi connectivity index (χ4v) is 3.90. The first-order valence-corrected chi connectivity index (χ1v) is 7.68. The summed E-state index contributed by atoms with van der Waals surface area (Å²) < 4.78 is 0. The standard InChI is InChI=1S/C18H17N3O/c19-9-12-7-16(20-10-12)17(22)21-11-14-8-18(14)6-5-13-3-1-2-4-15(13)18/h1-4,7,10,14,20H,5-6,8,11H2,(H,21,22). The summed E-state index contributed by atoms with van der Waals surface area (Å²) in [4.78, 5) is 14.9. The number of hydrogen-bond acceptors (Lipinski definition) is 2. The van der Waals surface area contributed by atoms with Crippen molar-refractivity contribution in [2.75, 3.05) is 6.54 Å². The summed E-state index contributed by atoms with van der Waals surface area (Å²) in [6, 6.07) is 12.3. The second-order valence-corrected chi connectivity index (χ2v) is 6.34. The van der Waals surface area contributed by atoms with Gasteiger partial charge >= 0.3 is 0 Å². The highest BCUT2D eigenvalue weighted by Gasteiger charge is 2.57. The highest BCUT2D eigenvalue weighted by Crippen LogP contribution is 2.61. The number of carbonyl (C=O) groups is 1. The molecule has 2 aromatic rings. The van der Waals surface area contributed by atoms with Crippen molar-refractivity contribution in [1.82, 2.24) is 10.3 Å². The van der Waals surface area contributed by atoms with Gasteiger partial charge in [-0.2, -0.15) is 5.26 Å². The summed E-state index contributed by atoms with van der Waals surface area (Å²) in [7, 11) is 0. The van der Waals surface area contributed by atoms with Gasteiger partial charge in [-0.05, 0) is 42.4 Å². The van der Waals surface area contributed by atoms with Gasteiger partial charge < -0.3 is 10.3 Å². The first-order valence-electron chi connectivity index (χ1n) is 7.68. The molecule has 2 unspecified atom stereocenters. The van der Waals surface area contributed by atoms with E-state index in [2.05, 4.69) is 34.6 Å². The van der Waals surface area contributed by atoms with Crippen molar-refractivity contribution in [3.8, 4) is 6.07 Å². The van der Waals surface area contributed by atoms with Gasteiger partial charge in [0.05, 0.1) is 5.56 Å². The summed E-state index contributed by atoms with van der Waals surface area (Å²) >= 11 is 0. The second kappa shape index (κ2) is 4.74. The van der Waals surface area contributed by atoms with Crippen LogP contribution in [0.1, 0.15) is 40.0 Å². The second-order valence-electron chi connectivity index (χ2n) is 6.34. The van der Waals surface area contributed by atoms with Crippen LogP contribution < -0.4 is 5.32 Å². The summed E-state index contributed by atoms with van der Waals surface area (Å²) in [5.74, 6) is 0.403. The number of hydrogen-bond donors (Lipinski definition) is 2. The van der Waals surface area contributed by atoms with Crippen molar-refractivity contribution in [2.45, 2.75) is 24.7 Å². The number of nitrogens with one attached hydrogen (secondary N) is 2. The molecule has 110 valence electrons. The molecular formula is C18H17N3O. The minimum absolute atomic E-state index is 0.130. The summed E-state index contributed by atoms with van der Waals surface area (Å²) in [6.07, 6.45) is 5.08. The van der Waals surface area contributed by atoms with Gasteiger partial charge in [-0.15, -0.1) is 0 Å². The van der Waals surface area contributed by atoms with E-state index < -0.39 is 0 Å². The molecular weight excluding hydrogens is 274 g/mol. The van der Waals surface area contributed by atoms with Gasteiger partial charge in [0.2, 0.25) is 0 Å². The zero-order valence-electron chi connectivity index (χ0n) is 12.2. The molecule has 4 heteroatoms. The SMILES string of the molecule is N#Cc1c[nH]c(C(=O)NCC2CC23CCc2ccccc23)c1. The molecule has 1 amide bonds. The number of aromatic amines is 1. The van der Waals surface area contributed by atoms with Gasteiger partial charge in [0.1, 0.15) is 11.8 Å². The molecule has 1 heterocycles. The van der Waals surface area contributed by atoms with Gasteiger partial charge in [0.25, 0.3) is 5.91 Å². The maximum absolute atomic E-state index is 12.1. The van der Waals surface area contributed by atoms with Crippen molar-refractivity contribution in [2.24, 2.45) is 5.92 Å². The Hall–Kier alpha value is -2.54. The van der Waals surface area contributed by atoms with Crippen molar-refractivity contribution in [1.29, 1.82) is 5.26 Å². The first-order chi connectivity index (χ1) is 10.7. The molecule has 2 atom stereocenters. The summed E-state index contributed by atoms with van der Waals surface area (Å²) in [5, 5.41) is 11.8. The lowest BCUT2D eigenvalue weighted by molar-refractivity contribution is 0.0946. The van der Waals surface area contributed by atoms with Crippen LogP contribution in [-0.2, 0) is 11.8 Å². The molecule has 4 rings (SSSR count). The zero-order valence-corrected chi connectivity index (χ0v) is 12.2. The molecule has 1 aromatic carbocycles. The van der Waals surface area contributed by atoms with Crippen LogP contribution in [0.4, 0.5) is 0 Å². The predicted molar refractivity (Wildman–Crippen MR) is 82.4 cm³/mol. The van der Waals surface area contributed by atoms with E-state index in [1.807, 2.05) is 6.07 Å². The molecule has 1 saturated carbocycles. The normalized spacial score (nSPS) is 24.8. The number of rotatable bonds is 3. The van der Waals surface area contributed by atoms with Crippen molar-refractivity contribution >= 4 is 5.91 Å². The third kappa shape index (κ3) is 1.93. The molecule has 1 aromatic heterocycles. The topological polar surface area (TPSA) is 68.7 Å². The van der Waals surface area contributed by atoms with Gasteiger partial charge in [-0.25, -0.2) is 0 Å². The quantitative estimate of drug-likeness (QED) is 0.912. The summed E-state index contributed by atoms with van der Waals surface area (Å²) in [6.45, 7) is 0.702. The number of H-pyrrole nitrogens is 1. The Bertz CT molecular complexity index is 786. The van der Waals surface area contributed by atoms with Gasteiger partial charge in [-0.3, -0.25) is 4.79 Å². The highest BCUT2D eigenvalue weighted by molar-refractivity contribution is 5.92. The van der Waals surface area contributed by atoms with E-state index in [9.17, 15) is 4.79 Å². The van der Waals surface area contributed by atoms with E-state index in [0.29, 0.717) is 29.1 Å². The number of amides is 1. The number of aromatic nitrogens is 1. The van der Waals surface area contributed by atoms with Gasteiger partial charge in [0, 0.05) is 18.2 Å². The Morgan fingerprint density at radius 1 is 1.45 bits per heavy atom. The largest absolute Gasteiger partial charge is 0.356 e. The molecule has 4 nitrogen and oxygen atoms in total. The fourth-order valence-electron chi connectivity index (χ4n) is 3.90. The molecule has 2 aliphatic carbocycles. The van der Waals surface area contributed by atoms with E-state index in [1.165, 1.54) is 24.0 Å². The van der Waals surface area contributed by atoms with E-state index >= 15 is 0 Å². The van der Waals surface area contributed by atoms with Crippen LogP contribution in [0.5, 0.6) is 0 Å². The van der Waals surface area contributed by atoms with Crippen molar-refractivity contribution < 1.29 is 4.79 Å². The van der Waals surface area contributed by atoms with Crippen LogP contribution in [0, 0.1) is 17.2 Å². The molecule has 2 N–H and O–H groups in total. The Kier molecular flexibility index (Phi) is 2.83. The lowest BCUT2D eigenvalue weighted by atomic mass is 9.95. The lowest BCUT2D eigenvalue weighted by Gasteiger charge is -2.12. The van der Waals surface area contributed by atoms with Crippen LogP contribution in [0.25, 0.3) is 0 Å². The first kappa shape index (κ1) is 13.1. The van der Waals surface area contributed by atoms with Crippen LogP contribution in [0.2, 0.25) is 0 Å². The van der Waals surface area contributed by atoms with Crippen molar-refractivity contribution in [3.05, 3.63) is 58.9 Å². The number of nitrogens with zero attached hydrogens (tertiary/aromatic N) is 1. The molecule has 2 aliphatic rings. The number of fused-ring (bicyclic) bond motifs is 2. The van der Waals surface area contributed by atoms with E-state index in [4.69, 9.17) is 5.26 Å². The van der Waals surface area contributed by atoms with Crippen LogP contribution >= 0.6 is 0 Å². The number of benzene rings is 1. The van der Waals surface area contributed by atoms with E-state index in [0.717, 1.165) is 6.42 Å². The monoisotopic (exact) mass is 291 g/mol. The number of aryl methyl sites for hydroxylation is 1. The Morgan fingerprint density at radius 3 is 3.14 bits per heavy atom. The summed E-state index contributed by atoms with van der Waals surface area (Å²) in [5.41, 5.74) is 4.20. The van der Waals surface area contributed by atoms with Crippen LogP contribution in [-0.4, -0.2) is 17.4 Å². The van der Waals surface area contributed by atoms with Crippen LogP contribution in [0.3, 0.4) is 0 Å². The highest BCUT2D eigenvalue weighted by atomic mass is 16.1. The third-order valence-electron chi connectivity index (χ3n) is 5.19.